The van der Waals surface area contributed by atoms with Gasteiger partial charge in [-0.1, -0.05) is 13.3 Å². The summed E-state index contributed by atoms with van der Waals surface area (Å²) in [7, 11) is 0. The number of carboxylic acids is 1. The van der Waals surface area contributed by atoms with Crippen molar-refractivity contribution in [2.75, 3.05) is 5.75 Å². The maximum absolute atomic E-state index is 10.6. The van der Waals surface area contributed by atoms with Gasteiger partial charge in [-0.3, -0.25) is 10.1 Å². The van der Waals surface area contributed by atoms with Crippen LogP contribution in [0.4, 0.5) is 0 Å². The fourth-order valence-electron chi connectivity index (χ4n) is 1.31. The number of thioether (sulfide) groups is 1. The molecule has 70 valence electrons. The molecule has 2 N–H and O–H groups in total. The summed E-state index contributed by atoms with van der Waals surface area (Å²) in [5.74, 6) is 0.255. The van der Waals surface area contributed by atoms with E-state index in [-0.39, 0.29) is 6.04 Å². The predicted molar refractivity (Wildman–Crippen MR) is 50.3 cm³/mol. The Morgan fingerprint density at radius 1 is 1.75 bits per heavy atom. The molecular formula is C8H15NO2S. The number of carboxylic acid groups (broad SMARTS) is 1. The molecule has 4 heteroatoms. The fourth-order valence-corrected chi connectivity index (χ4v) is 2.63. The normalized spacial score (nSPS) is 30.1. The van der Waals surface area contributed by atoms with Crippen LogP contribution in [0.3, 0.4) is 0 Å². The van der Waals surface area contributed by atoms with Gasteiger partial charge in [0.25, 0.3) is 0 Å². The quantitative estimate of drug-likeness (QED) is 0.702. The molecule has 0 spiro atoms. The minimum absolute atomic E-state index is 0.317. The number of carbonyl (C=O) groups is 1. The second kappa shape index (κ2) is 4.72. The van der Waals surface area contributed by atoms with Crippen LogP contribution in [0, 0.1) is 0 Å². The van der Waals surface area contributed by atoms with Crippen molar-refractivity contribution in [2.45, 2.75) is 37.6 Å². The van der Waals surface area contributed by atoms with Crippen LogP contribution >= 0.6 is 11.8 Å². The Balaban J connectivity index is 2.35. The van der Waals surface area contributed by atoms with E-state index in [9.17, 15) is 4.79 Å². The van der Waals surface area contributed by atoms with Crippen LogP contribution in [0.1, 0.15) is 26.2 Å². The van der Waals surface area contributed by atoms with Gasteiger partial charge >= 0.3 is 5.97 Å². The molecule has 1 aliphatic heterocycles. The molecule has 1 heterocycles. The molecule has 1 aliphatic rings. The van der Waals surface area contributed by atoms with Gasteiger partial charge in [0.15, 0.2) is 0 Å². The van der Waals surface area contributed by atoms with Crippen LogP contribution in [-0.2, 0) is 4.79 Å². The van der Waals surface area contributed by atoms with Crippen molar-refractivity contribution in [3.8, 4) is 0 Å². The molecule has 0 bridgehead atoms. The zero-order chi connectivity index (χ0) is 8.97. The third-order valence-electron chi connectivity index (χ3n) is 1.96. The molecule has 0 amide bonds. The minimum Gasteiger partial charge on any atom is -0.480 e. The van der Waals surface area contributed by atoms with Gasteiger partial charge in [-0.2, -0.15) is 0 Å². The third-order valence-corrected chi connectivity index (χ3v) is 3.21. The zero-order valence-corrected chi connectivity index (χ0v) is 8.06. The highest BCUT2D eigenvalue weighted by atomic mass is 32.2. The first-order valence-electron chi connectivity index (χ1n) is 4.34. The Bertz CT molecular complexity index is 161. The average Bonchev–Trinajstić information content (AvgIpc) is 2.05. The fraction of sp³-hybridized carbons (Fsp3) is 0.875. The van der Waals surface area contributed by atoms with Crippen LogP contribution in [0.25, 0.3) is 0 Å². The summed E-state index contributed by atoms with van der Waals surface area (Å²) in [6, 6.07) is -0.317. The van der Waals surface area contributed by atoms with E-state index in [4.69, 9.17) is 5.11 Å². The summed E-state index contributed by atoms with van der Waals surface area (Å²) in [6.07, 6.45) is 2.92. The Morgan fingerprint density at radius 2 is 2.50 bits per heavy atom. The standard InChI is InChI=1S/C8H15NO2S/c1-2-3-7-9-6(8(10)11)4-5-12-7/h6-7,9H,2-5H2,1H3,(H,10,11). The molecule has 0 saturated carbocycles. The van der Waals surface area contributed by atoms with Gasteiger partial charge in [-0.15, -0.1) is 11.8 Å². The molecule has 0 radical (unpaired) electrons. The van der Waals surface area contributed by atoms with Gasteiger partial charge < -0.3 is 5.11 Å². The molecule has 0 aromatic heterocycles. The first-order chi connectivity index (χ1) is 5.74. The van der Waals surface area contributed by atoms with E-state index in [1.54, 1.807) is 0 Å². The first-order valence-corrected chi connectivity index (χ1v) is 5.39. The second-order valence-corrected chi connectivity index (χ2v) is 4.30. The summed E-state index contributed by atoms with van der Waals surface area (Å²) >= 11 is 1.83. The van der Waals surface area contributed by atoms with E-state index < -0.39 is 5.97 Å². The largest absolute Gasteiger partial charge is 0.480 e. The van der Waals surface area contributed by atoms with Gasteiger partial charge in [0.2, 0.25) is 0 Å². The molecule has 1 saturated heterocycles. The lowest BCUT2D eigenvalue weighted by molar-refractivity contribution is -0.139. The number of aliphatic carboxylic acids is 1. The van der Waals surface area contributed by atoms with Crippen molar-refractivity contribution < 1.29 is 9.90 Å². The van der Waals surface area contributed by atoms with Gasteiger partial charge in [0.1, 0.15) is 6.04 Å². The summed E-state index contributed by atoms with van der Waals surface area (Å²) in [6.45, 7) is 2.12. The molecule has 0 aromatic rings. The van der Waals surface area contributed by atoms with E-state index in [1.807, 2.05) is 11.8 Å². The van der Waals surface area contributed by atoms with Crippen LogP contribution in [0.15, 0.2) is 0 Å². The third kappa shape index (κ3) is 2.68. The van der Waals surface area contributed by atoms with Crippen molar-refractivity contribution >= 4 is 17.7 Å². The Kier molecular flexibility index (Phi) is 3.88. The van der Waals surface area contributed by atoms with Crippen LogP contribution in [-0.4, -0.2) is 28.2 Å². The van der Waals surface area contributed by atoms with Gasteiger partial charge in [-0.05, 0) is 18.6 Å². The molecule has 0 aliphatic carbocycles. The van der Waals surface area contributed by atoms with Crippen LogP contribution in [0.5, 0.6) is 0 Å². The Hall–Kier alpha value is -0.220. The number of nitrogens with one attached hydrogen (secondary N) is 1. The lowest BCUT2D eigenvalue weighted by atomic mass is 10.2. The molecule has 0 aromatic carbocycles. The maximum atomic E-state index is 10.6. The highest BCUT2D eigenvalue weighted by molar-refractivity contribution is 7.99. The molecule has 2 unspecified atom stereocenters. The maximum Gasteiger partial charge on any atom is 0.320 e. The molecule has 3 nitrogen and oxygen atoms in total. The van der Waals surface area contributed by atoms with E-state index >= 15 is 0 Å². The Morgan fingerprint density at radius 3 is 3.08 bits per heavy atom. The van der Waals surface area contributed by atoms with E-state index in [0.29, 0.717) is 5.37 Å². The first kappa shape index (κ1) is 9.86. The molecule has 1 fully saturated rings. The van der Waals surface area contributed by atoms with Gasteiger partial charge in [0, 0.05) is 0 Å². The van der Waals surface area contributed by atoms with Crippen molar-refractivity contribution in [3.05, 3.63) is 0 Å². The lowest BCUT2D eigenvalue weighted by Gasteiger charge is -2.27. The summed E-state index contributed by atoms with van der Waals surface area (Å²) in [5.41, 5.74) is 0. The topological polar surface area (TPSA) is 49.3 Å². The number of hydrogen-bond acceptors (Lipinski definition) is 3. The van der Waals surface area contributed by atoms with Crippen LogP contribution < -0.4 is 5.32 Å². The van der Waals surface area contributed by atoms with E-state index in [1.165, 1.54) is 0 Å². The SMILES string of the molecule is CCCC1NC(C(=O)O)CCS1. The smallest absolute Gasteiger partial charge is 0.320 e. The molecule has 2 atom stereocenters. The van der Waals surface area contributed by atoms with Crippen molar-refractivity contribution in [1.82, 2.24) is 5.32 Å². The highest BCUT2D eigenvalue weighted by Crippen LogP contribution is 2.21. The summed E-state index contributed by atoms with van der Waals surface area (Å²) in [4.78, 5) is 10.6. The van der Waals surface area contributed by atoms with Crippen LogP contribution in [0.2, 0.25) is 0 Å². The lowest BCUT2D eigenvalue weighted by Crippen LogP contribution is -2.45. The van der Waals surface area contributed by atoms with Crippen molar-refractivity contribution in [1.29, 1.82) is 0 Å². The molecular weight excluding hydrogens is 174 g/mol. The summed E-state index contributed by atoms with van der Waals surface area (Å²) in [5, 5.41) is 12.2. The minimum atomic E-state index is -0.712. The average molecular weight is 189 g/mol. The number of rotatable bonds is 3. The van der Waals surface area contributed by atoms with Crippen molar-refractivity contribution in [3.63, 3.8) is 0 Å². The Labute approximate surface area is 76.9 Å². The second-order valence-electron chi connectivity index (χ2n) is 2.99. The zero-order valence-electron chi connectivity index (χ0n) is 7.25. The van der Waals surface area contributed by atoms with Gasteiger partial charge in [-0.25, -0.2) is 0 Å². The molecule has 1 rings (SSSR count). The summed E-state index contributed by atoms with van der Waals surface area (Å²) < 4.78 is 0. The monoisotopic (exact) mass is 189 g/mol. The van der Waals surface area contributed by atoms with E-state index in [0.717, 1.165) is 25.0 Å². The highest BCUT2D eigenvalue weighted by Gasteiger charge is 2.25. The predicted octanol–water partition coefficient (Wildman–Crippen LogP) is 1.29. The van der Waals surface area contributed by atoms with Gasteiger partial charge in [0.05, 0.1) is 5.37 Å². The van der Waals surface area contributed by atoms with Crippen molar-refractivity contribution in [2.24, 2.45) is 0 Å². The van der Waals surface area contributed by atoms with E-state index in [2.05, 4.69) is 12.2 Å². The number of hydrogen-bond donors (Lipinski definition) is 2. The molecule has 12 heavy (non-hydrogen) atoms.